The first-order chi connectivity index (χ1) is 11.6. The van der Waals surface area contributed by atoms with Crippen LogP contribution in [0.25, 0.3) is 11.3 Å². The van der Waals surface area contributed by atoms with Crippen LogP contribution in [0.5, 0.6) is 5.95 Å². The second kappa shape index (κ2) is 5.98. The number of aryl methyl sites for hydroxylation is 2. The van der Waals surface area contributed by atoms with Gasteiger partial charge in [0.25, 0.3) is 5.95 Å². The van der Waals surface area contributed by atoms with Gasteiger partial charge in [-0.25, -0.2) is 4.79 Å². The number of ether oxygens (including phenoxy) is 1. The molecule has 1 amide bonds. The number of nitrogens with zero attached hydrogens (tertiary/aromatic N) is 2. The highest BCUT2D eigenvalue weighted by Crippen LogP contribution is 2.31. The number of hydrogen-bond acceptors (Lipinski definition) is 6. The van der Waals surface area contributed by atoms with Gasteiger partial charge in [0.05, 0.1) is 11.3 Å². The van der Waals surface area contributed by atoms with Crippen molar-refractivity contribution in [1.82, 2.24) is 15.4 Å². The lowest BCUT2D eigenvalue weighted by Gasteiger charge is -2.44. The Balaban J connectivity index is 1.40. The standard InChI is InChI=1S/C17H21N3O4/c1-10-16(11(2)24-19-10)14-3-4-15(22-14)23-17(21)18-13-9-20-7-5-12(13)6-8-20/h3-4,12-13H,5-9H2,1-2H3,(H,18,21). The lowest BCUT2D eigenvalue weighted by molar-refractivity contribution is 0.0715. The second-order valence-electron chi connectivity index (χ2n) is 6.60. The highest BCUT2D eigenvalue weighted by molar-refractivity contribution is 5.71. The summed E-state index contributed by atoms with van der Waals surface area (Å²) >= 11 is 0. The topological polar surface area (TPSA) is 80.7 Å². The van der Waals surface area contributed by atoms with Crippen LogP contribution >= 0.6 is 0 Å². The summed E-state index contributed by atoms with van der Waals surface area (Å²) in [5, 5.41) is 6.87. The minimum Gasteiger partial charge on any atom is -0.425 e. The molecule has 3 fully saturated rings. The number of carbonyl (C=O) groups is 1. The van der Waals surface area contributed by atoms with Crippen molar-refractivity contribution < 1.29 is 18.5 Å². The van der Waals surface area contributed by atoms with E-state index in [4.69, 9.17) is 13.7 Å². The number of nitrogens with one attached hydrogen (secondary N) is 1. The number of amides is 1. The molecule has 128 valence electrons. The number of fused-ring (bicyclic) bond motifs is 3. The molecule has 0 aliphatic carbocycles. The van der Waals surface area contributed by atoms with E-state index in [-0.39, 0.29) is 12.0 Å². The Kier molecular flexibility index (Phi) is 3.80. The van der Waals surface area contributed by atoms with Crippen LogP contribution in [-0.4, -0.2) is 41.8 Å². The zero-order valence-corrected chi connectivity index (χ0v) is 13.9. The molecule has 0 spiro atoms. The first-order valence-electron chi connectivity index (χ1n) is 8.34. The molecule has 7 heteroatoms. The normalized spacial score (nSPS) is 25.7. The van der Waals surface area contributed by atoms with E-state index in [2.05, 4.69) is 15.4 Å². The third-order valence-corrected chi connectivity index (χ3v) is 5.01. The quantitative estimate of drug-likeness (QED) is 0.931. The first-order valence-corrected chi connectivity index (χ1v) is 8.34. The van der Waals surface area contributed by atoms with Crippen molar-refractivity contribution in [2.75, 3.05) is 19.6 Å². The van der Waals surface area contributed by atoms with Crippen LogP contribution in [-0.2, 0) is 0 Å². The number of carbonyl (C=O) groups excluding carboxylic acids is 1. The van der Waals surface area contributed by atoms with Crippen LogP contribution in [0.2, 0.25) is 0 Å². The van der Waals surface area contributed by atoms with Gasteiger partial charge in [0.2, 0.25) is 0 Å². The maximum Gasteiger partial charge on any atom is 0.415 e. The summed E-state index contributed by atoms with van der Waals surface area (Å²) < 4.78 is 16.0. The van der Waals surface area contributed by atoms with Gasteiger partial charge in [0, 0.05) is 18.7 Å². The molecule has 0 radical (unpaired) electrons. The number of furan rings is 1. The summed E-state index contributed by atoms with van der Waals surface area (Å²) in [6.45, 7) is 6.84. The lowest BCUT2D eigenvalue weighted by atomic mass is 9.84. The summed E-state index contributed by atoms with van der Waals surface area (Å²) in [6, 6.07) is 3.55. The van der Waals surface area contributed by atoms with E-state index in [0.717, 1.165) is 43.7 Å². The largest absolute Gasteiger partial charge is 0.425 e. The van der Waals surface area contributed by atoms with Crippen molar-refractivity contribution >= 4 is 6.09 Å². The Morgan fingerprint density at radius 2 is 2.12 bits per heavy atom. The molecule has 5 heterocycles. The fraction of sp³-hybridized carbons (Fsp3) is 0.529. The molecule has 24 heavy (non-hydrogen) atoms. The minimum absolute atomic E-state index is 0.164. The average molecular weight is 331 g/mol. The van der Waals surface area contributed by atoms with Gasteiger partial charge >= 0.3 is 6.09 Å². The van der Waals surface area contributed by atoms with Crippen LogP contribution < -0.4 is 10.1 Å². The molecule has 0 saturated carbocycles. The molecule has 1 atom stereocenters. The number of rotatable bonds is 3. The van der Waals surface area contributed by atoms with E-state index in [0.29, 0.717) is 17.4 Å². The highest BCUT2D eigenvalue weighted by atomic mass is 16.6. The molecule has 5 rings (SSSR count). The highest BCUT2D eigenvalue weighted by Gasteiger charge is 2.35. The van der Waals surface area contributed by atoms with Gasteiger partial charge in [0.1, 0.15) is 11.5 Å². The van der Waals surface area contributed by atoms with Crippen molar-refractivity contribution in [2.24, 2.45) is 5.92 Å². The van der Waals surface area contributed by atoms with Crippen molar-refractivity contribution in [3.63, 3.8) is 0 Å². The van der Waals surface area contributed by atoms with Crippen molar-refractivity contribution in [3.05, 3.63) is 23.6 Å². The molecular formula is C17H21N3O4. The smallest absolute Gasteiger partial charge is 0.415 e. The Labute approximate surface area is 139 Å². The number of aromatic nitrogens is 1. The maximum absolute atomic E-state index is 12.1. The van der Waals surface area contributed by atoms with Crippen molar-refractivity contribution in [3.8, 4) is 17.3 Å². The van der Waals surface area contributed by atoms with Gasteiger partial charge < -0.3 is 23.9 Å². The Morgan fingerprint density at radius 1 is 1.33 bits per heavy atom. The van der Waals surface area contributed by atoms with E-state index < -0.39 is 6.09 Å². The van der Waals surface area contributed by atoms with E-state index in [1.54, 1.807) is 12.1 Å². The Hall–Kier alpha value is -2.28. The van der Waals surface area contributed by atoms with Gasteiger partial charge in [-0.1, -0.05) is 5.16 Å². The van der Waals surface area contributed by atoms with Crippen molar-refractivity contribution in [2.45, 2.75) is 32.7 Å². The lowest BCUT2D eigenvalue weighted by Crippen LogP contribution is -2.57. The monoisotopic (exact) mass is 331 g/mol. The average Bonchev–Trinajstić information content (AvgIpc) is 3.15. The zero-order chi connectivity index (χ0) is 16.7. The Bertz CT molecular complexity index is 723. The maximum atomic E-state index is 12.1. The molecule has 3 saturated heterocycles. The van der Waals surface area contributed by atoms with E-state index in [1.807, 2.05) is 13.8 Å². The van der Waals surface area contributed by atoms with Crippen LogP contribution in [0.1, 0.15) is 24.3 Å². The molecule has 2 aromatic rings. The summed E-state index contributed by atoms with van der Waals surface area (Å²) in [7, 11) is 0. The van der Waals surface area contributed by atoms with Gasteiger partial charge in [-0.15, -0.1) is 0 Å². The predicted octanol–water partition coefficient (Wildman–Crippen LogP) is 2.73. The molecule has 3 aliphatic heterocycles. The second-order valence-corrected chi connectivity index (χ2v) is 6.60. The fourth-order valence-electron chi connectivity index (χ4n) is 3.74. The summed E-state index contributed by atoms with van der Waals surface area (Å²) in [6.07, 6.45) is 1.82. The van der Waals surface area contributed by atoms with Crippen LogP contribution in [0, 0.1) is 19.8 Å². The Morgan fingerprint density at radius 3 is 2.75 bits per heavy atom. The SMILES string of the molecule is Cc1noc(C)c1-c1ccc(OC(=O)NC2CN3CCC2CC3)o1. The van der Waals surface area contributed by atoms with E-state index in [9.17, 15) is 4.79 Å². The molecule has 2 aromatic heterocycles. The van der Waals surface area contributed by atoms with E-state index in [1.165, 1.54) is 0 Å². The van der Waals surface area contributed by atoms with Crippen LogP contribution in [0.4, 0.5) is 4.79 Å². The predicted molar refractivity (Wildman–Crippen MR) is 85.8 cm³/mol. The fourth-order valence-corrected chi connectivity index (χ4v) is 3.74. The molecule has 1 N–H and O–H groups in total. The summed E-state index contributed by atoms with van der Waals surface area (Å²) in [4.78, 5) is 14.5. The van der Waals surface area contributed by atoms with Gasteiger partial charge in [-0.05, 0) is 51.8 Å². The number of hydrogen-bond donors (Lipinski definition) is 1. The van der Waals surface area contributed by atoms with Crippen LogP contribution in [0.3, 0.4) is 0 Å². The van der Waals surface area contributed by atoms with Crippen molar-refractivity contribution in [1.29, 1.82) is 0 Å². The third kappa shape index (κ3) is 2.80. The van der Waals surface area contributed by atoms with Gasteiger partial charge in [0.15, 0.2) is 0 Å². The summed E-state index contributed by atoms with van der Waals surface area (Å²) in [5.74, 6) is 1.97. The molecule has 2 bridgehead atoms. The third-order valence-electron chi connectivity index (χ3n) is 5.01. The molecular weight excluding hydrogens is 310 g/mol. The molecule has 7 nitrogen and oxygen atoms in total. The van der Waals surface area contributed by atoms with Gasteiger partial charge in [-0.2, -0.15) is 0 Å². The summed E-state index contributed by atoms with van der Waals surface area (Å²) in [5.41, 5.74) is 1.53. The van der Waals surface area contributed by atoms with Gasteiger partial charge in [-0.3, -0.25) is 0 Å². The molecule has 3 aliphatic rings. The number of piperidine rings is 3. The van der Waals surface area contributed by atoms with Crippen LogP contribution in [0.15, 0.2) is 21.1 Å². The zero-order valence-electron chi connectivity index (χ0n) is 13.9. The minimum atomic E-state index is -0.464. The molecule has 0 aromatic carbocycles. The molecule has 1 unspecified atom stereocenters. The van der Waals surface area contributed by atoms with E-state index >= 15 is 0 Å². The first kappa shape index (κ1) is 15.3.